The van der Waals surface area contributed by atoms with E-state index in [1.165, 1.54) is 12.1 Å². The maximum Gasteiger partial charge on any atom is 0.416 e. The highest BCUT2D eigenvalue weighted by Crippen LogP contribution is 2.36. The molecule has 4 aromatic rings. The summed E-state index contributed by atoms with van der Waals surface area (Å²) < 4.78 is 41.1. The van der Waals surface area contributed by atoms with Crippen molar-refractivity contribution in [3.63, 3.8) is 0 Å². The number of hydrogen-bond donors (Lipinski definition) is 2. The maximum atomic E-state index is 13.2. The fraction of sp³-hybridized carbons (Fsp3) is 0.231. The fourth-order valence-corrected chi connectivity index (χ4v) is 4.54. The number of carbonyl (C=O) groups is 2. The molecular formula is C26H22F3N5O2. The van der Waals surface area contributed by atoms with Crippen LogP contribution >= 0.6 is 0 Å². The molecule has 36 heavy (non-hydrogen) atoms. The van der Waals surface area contributed by atoms with Crippen LogP contribution in [0.15, 0.2) is 54.7 Å². The minimum atomic E-state index is -4.42. The Balaban J connectivity index is 1.49. The number of rotatable bonds is 5. The molecule has 184 valence electrons. The molecular weight excluding hydrogens is 471 g/mol. The molecule has 0 unspecified atom stereocenters. The molecule has 1 fully saturated rings. The van der Waals surface area contributed by atoms with Gasteiger partial charge in [-0.25, -0.2) is 9.97 Å². The first-order valence-corrected chi connectivity index (χ1v) is 11.3. The zero-order valence-corrected chi connectivity index (χ0v) is 19.3. The van der Waals surface area contributed by atoms with Gasteiger partial charge in [-0.3, -0.25) is 9.59 Å². The lowest BCUT2D eigenvalue weighted by atomic mass is 10.0. The van der Waals surface area contributed by atoms with Crippen molar-refractivity contribution >= 4 is 22.7 Å². The summed E-state index contributed by atoms with van der Waals surface area (Å²) in [5, 5.41) is 3.49. The first-order valence-electron chi connectivity index (χ1n) is 11.3. The van der Waals surface area contributed by atoms with Gasteiger partial charge in [-0.05, 0) is 30.2 Å². The van der Waals surface area contributed by atoms with E-state index in [9.17, 15) is 22.8 Å². The van der Waals surface area contributed by atoms with Crippen LogP contribution in [0.3, 0.4) is 0 Å². The SMILES string of the molecule is Cn1cc(-c2ccc(-c3nc(C[C@H]4CCNC4=O)cc(C(N)=O)n3)cc2)c2ccc(C(F)(F)F)cc21. The monoisotopic (exact) mass is 493 g/mol. The summed E-state index contributed by atoms with van der Waals surface area (Å²) in [5.41, 5.74) is 8.09. The number of alkyl halides is 3. The van der Waals surface area contributed by atoms with Crippen molar-refractivity contribution in [3.05, 3.63) is 71.7 Å². The van der Waals surface area contributed by atoms with E-state index in [1.807, 2.05) is 12.1 Å². The Morgan fingerprint density at radius 3 is 2.47 bits per heavy atom. The summed E-state index contributed by atoms with van der Waals surface area (Å²) in [7, 11) is 1.70. The van der Waals surface area contributed by atoms with E-state index in [1.54, 1.807) is 29.9 Å². The quantitative estimate of drug-likeness (QED) is 0.437. The lowest BCUT2D eigenvalue weighted by Crippen LogP contribution is -2.21. The van der Waals surface area contributed by atoms with Gasteiger partial charge >= 0.3 is 6.18 Å². The lowest BCUT2D eigenvalue weighted by Gasteiger charge is -2.10. The Hall–Kier alpha value is -4.21. The number of nitrogens with zero attached hydrogens (tertiary/aromatic N) is 3. The number of amides is 2. The summed E-state index contributed by atoms with van der Waals surface area (Å²) in [5.74, 6) is -0.655. The van der Waals surface area contributed by atoms with Gasteiger partial charge in [0.05, 0.1) is 5.56 Å². The van der Waals surface area contributed by atoms with Gasteiger partial charge in [0.1, 0.15) is 5.69 Å². The van der Waals surface area contributed by atoms with Crippen LogP contribution < -0.4 is 11.1 Å². The number of benzene rings is 2. The van der Waals surface area contributed by atoms with Crippen molar-refractivity contribution in [1.29, 1.82) is 0 Å². The molecule has 2 amide bonds. The van der Waals surface area contributed by atoms with E-state index in [4.69, 9.17) is 5.73 Å². The van der Waals surface area contributed by atoms with E-state index in [2.05, 4.69) is 15.3 Å². The second-order valence-corrected chi connectivity index (χ2v) is 8.87. The van der Waals surface area contributed by atoms with E-state index >= 15 is 0 Å². The third kappa shape index (κ3) is 4.41. The lowest BCUT2D eigenvalue weighted by molar-refractivity contribution is -0.137. The average Bonchev–Trinajstić information content (AvgIpc) is 3.40. The molecule has 1 aliphatic rings. The second-order valence-electron chi connectivity index (χ2n) is 8.87. The molecule has 1 atom stereocenters. The number of fused-ring (bicyclic) bond motifs is 1. The summed E-state index contributed by atoms with van der Waals surface area (Å²) in [6.45, 7) is 0.608. The molecule has 5 rings (SSSR count). The summed E-state index contributed by atoms with van der Waals surface area (Å²) in [6.07, 6.45) is -1.57. The van der Waals surface area contributed by atoms with Crippen LogP contribution in [0.4, 0.5) is 13.2 Å². The number of aryl methyl sites for hydroxylation is 1. The Morgan fingerprint density at radius 2 is 1.83 bits per heavy atom. The van der Waals surface area contributed by atoms with Crippen molar-refractivity contribution in [2.45, 2.75) is 19.0 Å². The topological polar surface area (TPSA) is 103 Å². The molecule has 3 heterocycles. The first-order chi connectivity index (χ1) is 17.1. The molecule has 7 nitrogen and oxygen atoms in total. The van der Waals surface area contributed by atoms with Crippen molar-refractivity contribution in [2.75, 3.05) is 6.54 Å². The third-order valence-electron chi connectivity index (χ3n) is 6.42. The van der Waals surface area contributed by atoms with Gasteiger partial charge in [0.25, 0.3) is 5.91 Å². The molecule has 0 radical (unpaired) electrons. The molecule has 0 bridgehead atoms. The highest BCUT2D eigenvalue weighted by Gasteiger charge is 2.31. The largest absolute Gasteiger partial charge is 0.416 e. The minimum Gasteiger partial charge on any atom is -0.364 e. The molecule has 1 saturated heterocycles. The van der Waals surface area contributed by atoms with Gasteiger partial charge in [0.2, 0.25) is 5.91 Å². The smallest absolute Gasteiger partial charge is 0.364 e. The Morgan fingerprint density at radius 1 is 1.11 bits per heavy atom. The van der Waals surface area contributed by atoms with Crippen molar-refractivity contribution < 1.29 is 22.8 Å². The zero-order chi connectivity index (χ0) is 25.6. The Labute approximate surface area is 204 Å². The summed E-state index contributed by atoms with van der Waals surface area (Å²) >= 11 is 0. The van der Waals surface area contributed by atoms with Crippen molar-refractivity contribution in [1.82, 2.24) is 19.9 Å². The molecule has 2 aromatic heterocycles. The molecule has 0 saturated carbocycles. The standard InChI is InChI=1S/C26H22F3N5O2/c1-34-13-20(19-7-6-17(11-22(19)34)26(27,28)29)14-2-4-15(5-3-14)24-32-18(12-21(33-24)23(30)35)10-16-8-9-31-25(16)36/h2-7,11-13,16H,8-10H2,1H3,(H2,30,35)(H,31,36)/t16-/m1/s1. The van der Waals surface area contributed by atoms with Crippen LogP contribution in [0.5, 0.6) is 0 Å². The maximum absolute atomic E-state index is 13.2. The number of nitrogens with one attached hydrogen (secondary N) is 1. The van der Waals surface area contributed by atoms with Gasteiger partial charge in [0.15, 0.2) is 5.82 Å². The van der Waals surface area contributed by atoms with Gasteiger partial charge < -0.3 is 15.6 Å². The zero-order valence-electron chi connectivity index (χ0n) is 19.3. The number of nitrogens with two attached hydrogens (primary N) is 1. The van der Waals surface area contributed by atoms with E-state index < -0.39 is 17.6 Å². The van der Waals surface area contributed by atoms with Crippen molar-refractivity contribution in [3.8, 4) is 22.5 Å². The van der Waals surface area contributed by atoms with Gasteiger partial charge in [-0.2, -0.15) is 13.2 Å². The molecule has 2 aromatic carbocycles. The van der Waals surface area contributed by atoms with Crippen LogP contribution in [-0.2, 0) is 24.4 Å². The van der Waals surface area contributed by atoms with Gasteiger partial charge in [0, 0.05) is 59.9 Å². The number of primary amides is 1. The van der Waals surface area contributed by atoms with Gasteiger partial charge in [-0.15, -0.1) is 0 Å². The highest BCUT2D eigenvalue weighted by atomic mass is 19.4. The van der Waals surface area contributed by atoms with Crippen molar-refractivity contribution in [2.24, 2.45) is 18.7 Å². The molecule has 0 spiro atoms. The predicted octanol–water partition coefficient (Wildman–Crippen LogP) is 4.10. The van der Waals surface area contributed by atoms with E-state index in [0.717, 1.165) is 23.3 Å². The normalized spacial score (nSPS) is 15.9. The number of carbonyl (C=O) groups excluding carboxylic acids is 2. The average molecular weight is 493 g/mol. The minimum absolute atomic E-state index is 0.0439. The first kappa shape index (κ1) is 23.5. The van der Waals surface area contributed by atoms with E-state index in [0.29, 0.717) is 47.4 Å². The van der Waals surface area contributed by atoms with Crippen LogP contribution in [0, 0.1) is 5.92 Å². The molecule has 1 aliphatic heterocycles. The number of halogens is 3. The van der Waals surface area contributed by atoms with Crippen LogP contribution in [0.2, 0.25) is 0 Å². The third-order valence-corrected chi connectivity index (χ3v) is 6.42. The van der Waals surface area contributed by atoms with Crippen LogP contribution in [0.25, 0.3) is 33.4 Å². The molecule has 3 N–H and O–H groups in total. The fourth-order valence-electron chi connectivity index (χ4n) is 4.54. The van der Waals surface area contributed by atoms with E-state index in [-0.39, 0.29) is 17.5 Å². The highest BCUT2D eigenvalue weighted by molar-refractivity contribution is 5.96. The van der Waals surface area contributed by atoms with Crippen LogP contribution in [-0.4, -0.2) is 32.9 Å². The molecule has 10 heteroatoms. The Kier molecular flexibility index (Phi) is 5.74. The summed E-state index contributed by atoms with van der Waals surface area (Å²) in [4.78, 5) is 32.7. The number of hydrogen-bond acceptors (Lipinski definition) is 4. The summed E-state index contributed by atoms with van der Waals surface area (Å²) in [6, 6.07) is 12.4. The Bertz CT molecular complexity index is 1490. The predicted molar refractivity (Wildman–Crippen MR) is 128 cm³/mol. The van der Waals surface area contributed by atoms with Crippen LogP contribution in [0.1, 0.15) is 28.2 Å². The number of aromatic nitrogens is 3. The second kappa shape index (κ2) is 8.78. The van der Waals surface area contributed by atoms with Gasteiger partial charge in [-0.1, -0.05) is 30.3 Å². The molecule has 0 aliphatic carbocycles.